The second-order valence-electron chi connectivity index (χ2n) is 8.26. The van der Waals surface area contributed by atoms with Gasteiger partial charge in [0, 0.05) is 37.4 Å². The molecule has 5 nitrogen and oxygen atoms in total. The first kappa shape index (κ1) is 26.3. The van der Waals surface area contributed by atoms with Crippen molar-refractivity contribution in [3.8, 4) is 0 Å². The van der Waals surface area contributed by atoms with E-state index in [2.05, 4.69) is 60.2 Å². The van der Waals surface area contributed by atoms with Crippen molar-refractivity contribution in [1.29, 1.82) is 0 Å². The van der Waals surface area contributed by atoms with Crippen LogP contribution in [-0.2, 0) is 6.54 Å². The zero-order valence-electron chi connectivity index (χ0n) is 19.9. The highest BCUT2D eigenvalue weighted by molar-refractivity contribution is 6.36. The summed E-state index contributed by atoms with van der Waals surface area (Å²) in [7, 11) is 4.03. The maximum absolute atomic E-state index is 13.3. The lowest BCUT2D eigenvalue weighted by atomic mass is 10.1. The van der Waals surface area contributed by atoms with Crippen LogP contribution in [0.5, 0.6) is 0 Å². The van der Waals surface area contributed by atoms with Crippen molar-refractivity contribution in [3.63, 3.8) is 0 Å². The van der Waals surface area contributed by atoms with Gasteiger partial charge >= 0.3 is 6.03 Å². The molecule has 0 bridgehead atoms. The number of amides is 2. The molecule has 0 fully saturated rings. The van der Waals surface area contributed by atoms with Gasteiger partial charge in [0.15, 0.2) is 0 Å². The Morgan fingerprint density at radius 3 is 2.25 bits per heavy atom. The molecule has 0 saturated carbocycles. The minimum atomic E-state index is -0.166. The summed E-state index contributed by atoms with van der Waals surface area (Å²) in [4.78, 5) is 19.6. The van der Waals surface area contributed by atoms with E-state index < -0.39 is 0 Å². The molecule has 0 saturated heterocycles. The van der Waals surface area contributed by atoms with E-state index in [4.69, 9.17) is 23.2 Å². The Hall–Kier alpha value is -1.95. The molecule has 0 heterocycles. The van der Waals surface area contributed by atoms with Crippen LogP contribution in [0.2, 0.25) is 10.0 Å². The summed E-state index contributed by atoms with van der Waals surface area (Å²) in [6.45, 7) is 10.1. The lowest BCUT2D eigenvalue weighted by Crippen LogP contribution is -2.41. The first-order chi connectivity index (χ1) is 15.2. The van der Waals surface area contributed by atoms with E-state index in [1.54, 1.807) is 18.2 Å². The Balaban J connectivity index is 2.15. The Kier molecular flexibility index (Phi) is 10.6. The molecule has 0 radical (unpaired) electrons. The zero-order valence-corrected chi connectivity index (χ0v) is 21.4. The quantitative estimate of drug-likeness (QED) is 0.395. The summed E-state index contributed by atoms with van der Waals surface area (Å²) in [6.07, 6.45) is 1.96. The van der Waals surface area contributed by atoms with E-state index in [-0.39, 0.29) is 12.1 Å². The van der Waals surface area contributed by atoms with Crippen molar-refractivity contribution < 1.29 is 4.79 Å². The number of hydrogen-bond acceptors (Lipinski definition) is 3. The third-order valence-corrected chi connectivity index (χ3v) is 6.31. The fourth-order valence-electron chi connectivity index (χ4n) is 3.61. The summed E-state index contributed by atoms with van der Waals surface area (Å²) < 4.78 is 0. The number of hydrogen-bond donors (Lipinski definition) is 1. The molecule has 1 N–H and O–H groups in total. The number of carbonyl (C=O) groups is 1. The molecule has 0 aliphatic rings. The molecule has 2 aromatic carbocycles. The molecule has 7 heteroatoms. The number of halogens is 2. The van der Waals surface area contributed by atoms with Crippen LogP contribution in [0, 0.1) is 0 Å². The second kappa shape index (κ2) is 12.9. The molecule has 0 aliphatic carbocycles. The summed E-state index contributed by atoms with van der Waals surface area (Å²) in [5.41, 5.74) is 2.78. The Morgan fingerprint density at radius 2 is 1.69 bits per heavy atom. The third kappa shape index (κ3) is 7.88. The average Bonchev–Trinajstić information content (AvgIpc) is 2.77. The first-order valence-corrected chi connectivity index (χ1v) is 12.0. The maximum atomic E-state index is 13.3. The Labute approximate surface area is 203 Å². The van der Waals surface area contributed by atoms with Crippen LogP contribution < -0.4 is 10.2 Å². The van der Waals surface area contributed by atoms with Gasteiger partial charge in [0.05, 0.1) is 10.7 Å². The van der Waals surface area contributed by atoms with Crippen LogP contribution in [0.15, 0.2) is 42.5 Å². The van der Waals surface area contributed by atoms with Gasteiger partial charge in [-0.3, -0.25) is 0 Å². The summed E-state index contributed by atoms with van der Waals surface area (Å²) in [5, 5.41) is 3.93. The molecule has 176 valence electrons. The molecule has 1 atom stereocenters. The van der Waals surface area contributed by atoms with Gasteiger partial charge in [-0.05, 0) is 75.3 Å². The van der Waals surface area contributed by atoms with Gasteiger partial charge in [-0.15, -0.1) is 0 Å². The van der Waals surface area contributed by atoms with Gasteiger partial charge in [0.2, 0.25) is 0 Å². The number of nitrogens with one attached hydrogen (secondary N) is 1. The van der Waals surface area contributed by atoms with Crippen LogP contribution in [0.4, 0.5) is 16.2 Å². The molecular weight excluding hydrogens is 443 g/mol. The molecule has 2 aromatic rings. The molecule has 0 aromatic heterocycles. The van der Waals surface area contributed by atoms with E-state index >= 15 is 0 Å². The van der Waals surface area contributed by atoms with E-state index in [0.717, 1.165) is 43.7 Å². The largest absolute Gasteiger partial charge is 0.378 e. The minimum absolute atomic E-state index is 0.0742. The monoisotopic (exact) mass is 478 g/mol. The lowest BCUT2D eigenvalue weighted by molar-refractivity contribution is 0.181. The third-order valence-electron chi connectivity index (χ3n) is 5.76. The van der Waals surface area contributed by atoms with E-state index in [9.17, 15) is 4.79 Å². The van der Waals surface area contributed by atoms with Gasteiger partial charge in [-0.25, -0.2) is 4.79 Å². The second-order valence-corrected chi connectivity index (χ2v) is 9.10. The van der Waals surface area contributed by atoms with Gasteiger partial charge < -0.3 is 20.0 Å². The van der Waals surface area contributed by atoms with Crippen LogP contribution in [0.25, 0.3) is 0 Å². The number of carbonyl (C=O) groups excluding carboxylic acids is 1. The van der Waals surface area contributed by atoms with Crippen LogP contribution in [-0.4, -0.2) is 55.6 Å². The highest BCUT2D eigenvalue weighted by Gasteiger charge is 2.21. The molecule has 1 unspecified atom stereocenters. The van der Waals surface area contributed by atoms with Crippen molar-refractivity contribution >= 4 is 40.6 Å². The van der Waals surface area contributed by atoms with Crippen LogP contribution in [0.1, 0.15) is 39.2 Å². The summed E-state index contributed by atoms with van der Waals surface area (Å²) in [6, 6.07) is 13.3. The number of benzene rings is 2. The van der Waals surface area contributed by atoms with Gasteiger partial charge in [-0.1, -0.05) is 49.2 Å². The Bertz CT molecular complexity index is 854. The van der Waals surface area contributed by atoms with Gasteiger partial charge in [-0.2, -0.15) is 0 Å². The van der Waals surface area contributed by atoms with Crippen LogP contribution in [0.3, 0.4) is 0 Å². The molecular formula is C25H36Cl2N4O. The summed E-state index contributed by atoms with van der Waals surface area (Å²) in [5.74, 6) is 0. The molecule has 0 aliphatic heterocycles. The maximum Gasteiger partial charge on any atom is 0.322 e. The minimum Gasteiger partial charge on any atom is -0.378 e. The number of rotatable bonds is 11. The van der Waals surface area contributed by atoms with Crippen molar-refractivity contribution in [3.05, 3.63) is 58.1 Å². The van der Waals surface area contributed by atoms with Gasteiger partial charge in [0.1, 0.15) is 0 Å². The predicted molar refractivity (Wildman–Crippen MR) is 138 cm³/mol. The smallest absolute Gasteiger partial charge is 0.322 e. The van der Waals surface area contributed by atoms with Crippen molar-refractivity contribution in [2.45, 2.75) is 46.2 Å². The topological polar surface area (TPSA) is 38.8 Å². The number of nitrogens with zero attached hydrogens (tertiary/aromatic N) is 3. The molecule has 2 rings (SSSR count). The first-order valence-electron chi connectivity index (χ1n) is 11.3. The van der Waals surface area contributed by atoms with Crippen molar-refractivity contribution in [1.82, 2.24) is 9.80 Å². The molecule has 32 heavy (non-hydrogen) atoms. The van der Waals surface area contributed by atoms with Crippen molar-refractivity contribution in [2.75, 3.05) is 43.9 Å². The van der Waals surface area contributed by atoms with E-state index in [1.807, 2.05) is 19.0 Å². The Morgan fingerprint density at radius 1 is 1.03 bits per heavy atom. The number of anilines is 2. The standard InChI is InChI=1S/C25H36Cl2N4O/c1-6-30(7-2)16-8-9-19(3)31(18-20-10-13-22(14-11-20)29(4)5)25(32)28-24-15-12-21(26)17-23(24)27/h10-15,17,19H,6-9,16,18H2,1-5H3,(H,28,32). The average molecular weight is 479 g/mol. The lowest BCUT2D eigenvalue weighted by Gasteiger charge is -2.30. The summed E-state index contributed by atoms with van der Waals surface area (Å²) >= 11 is 12.3. The highest BCUT2D eigenvalue weighted by atomic mass is 35.5. The SMILES string of the molecule is CCN(CC)CCCC(C)N(Cc1ccc(N(C)C)cc1)C(=O)Nc1ccc(Cl)cc1Cl. The van der Waals surface area contributed by atoms with E-state index in [1.165, 1.54) is 0 Å². The van der Waals surface area contributed by atoms with Gasteiger partial charge in [0.25, 0.3) is 0 Å². The fraction of sp³-hybridized carbons (Fsp3) is 0.480. The zero-order chi connectivity index (χ0) is 23.7. The normalized spacial score (nSPS) is 12.0. The highest BCUT2D eigenvalue weighted by Crippen LogP contribution is 2.26. The number of urea groups is 1. The van der Waals surface area contributed by atoms with Crippen molar-refractivity contribution in [2.24, 2.45) is 0 Å². The van der Waals surface area contributed by atoms with E-state index in [0.29, 0.717) is 22.3 Å². The fourth-order valence-corrected chi connectivity index (χ4v) is 4.06. The molecule has 2 amide bonds. The molecule has 0 spiro atoms. The van der Waals surface area contributed by atoms with Crippen LogP contribution >= 0.6 is 23.2 Å². The predicted octanol–water partition coefficient (Wildman–Crippen LogP) is 6.60.